The molecule has 0 aromatic rings. The van der Waals surface area contributed by atoms with Crippen molar-refractivity contribution in [2.24, 2.45) is 46.3 Å². The molecular weight excluding hydrogens is 352 g/mol. The van der Waals surface area contributed by atoms with E-state index in [0.29, 0.717) is 11.3 Å². The van der Waals surface area contributed by atoms with Gasteiger partial charge in [0.1, 0.15) is 6.61 Å². The van der Waals surface area contributed by atoms with Gasteiger partial charge in [0.05, 0.1) is 5.92 Å². The summed E-state index contributed by atoms with van der Waals surface area (Å²) in [5.41, 5.74) is 0.604. The minimum atomic E-state index is -0.793. The van der Waals surface area contributed by atoms with Crippen LogP contribution in [0.2, 0.25) is 0 Å². The van der Waals surface area contributed by atoms with Crippen LogP contribution < -0.4 is 0 Å². The maximum Gasteiger partial charge on any atom is 0.310 e. The number of fused-ring (bicyclic) bond motifs is 5. The Labute approximate surface area is 169 Å². The highest BCUT2D eigenvalue weighted by molar-refractivity contribution is 5.72. The van der Waals surface area contributed by atoms with E-state index in [1.165, 1.54) is 51.9 Å². The molecular formula is C24H38O4. The molecule has 0 bridgehead atoms. The quantitative estimate of drug-likeness (QED) is 0.662. The first-order valence-electron chi connectivity index (χ1n) is 11.6. The van der Waals surface area contributed by atoms with E-state index in [9.17, 15) is 14.7 Å². The molecule has 4 rings (SSSR count). The van der Waals surface area contributed by atoms with E-state index in [1.807, 2.05) is 0 Å². The van der Waals surface area contributed by atoms with Crippen LogP contribution in [-0.2, 0) is 14.3 Å². The van der Waals surface area contributed by atoms with E-state index in [0.717, 1.165) is 37.0 Å². The summed E-state index contributed by atoms with van der Waals surface area (Å²) in [6.45, 7) is 6.35. The lowest BCUT2D eigenvalue weighted by Gasteiger charge is -2.60. The lowest BCUT2D eigenvalue weighted by molar-refractivity contribution is -0.157. The van der Waals surface area contributed by atoms with Gasteiger partial charge in [-0.15, -0.1) is 0 Å². The lowest BCUT2D eigenvalue weighted by atomic mass is 9.44. The Bertz CT molecular complexity index is 630. The SMILES string of the molecule is CC(=O)OCC(C(=O)O)[C@H]1CC[C@H]2[C@@H]3CCC4CCCC[C@]4(C)[C@H]3CC[C@]12C. The van der Waals surface area contributed by atoms with Crippen LogP contribution in [0.4, 0.5) is 0 Å². The summed E-state index contributed by atoms with van der Waals surface area (Å²) >= 11 is 0. The molecule has 0 saturated heterocycles. The van der Waals surface area contributed by atoms with Crippen molar-refractivity contribution >= 4 is 11.9 Å². The number of carboxylic acids is 1. The van der Waals surface area contributed by atoms with Gasteiger partial charge in [0, 0.05) is 6.92 Å². The molecule has 0 spiro atoms. The van der Waals surface area contributed by atoms with Crippen molar-refractivity contribution in [2.75, 3.05) is 6.61 Å². The molecule has 4 nitrogen and oxygen atoms in total. The van der Waals surface area contributed by atoms with Gasteiger partial charge < -0.3 is 9.84 Å². The topological polar surface area (TPSA) is 63.6 Å². The maximum absolute atomic E-state index is 12.0. The molecule has 4 fully saturated rings. The number of carbonyl (C=O) groups is 2. The molecule has 4 aliphatic rings. The van der Waals surface area contributed by atoms with Gasteiger partial charge in [0.2, 0.25) is 0 Å². The monoisotopic (exact) mass is 390 g/mol. The molecule has 0 aromatic heterocycles. The third-order valence-corrected chi connectivity index (χ3v) is 9.93. The van der Waals surface area contributed by atoms with Crippen molar-refractivity contribution in [3.63, 3.8) is 0 Å². The molecule has 0 radical (unpaired) electrons. The zero-order chi connectivity index (χ0) is 20.1. The Kier molecular flexibility index (Phi) is 5.29. The van der Waals surface area contributed by atoms with Crippen molar-refractivity contribution < 1.29 is 19.4 Å². The summed E-state index contributed by atoms with van der Waals surface area (Å²) in [4.78, 5) is 23.3. The molecule has 28 heavy (non-hydrogen) atoms. The summed E-state index contributed by atoms with van der Waals surface area (Å²) < 4.78 is 5.18. The molecule has 0 aromatic carbocycles. The molecule has 0 amide bonds. The minimum absolute atomic E-state index is 0.0333. The van der Waals surface area contributed by atoms with E-state index in [2.05, 4.69) is 13.8 Å². The van der Waals surface area contributed by atoms with Crippen LogP contribution in [0.1, 0.15) is 85.0 Å². The van der Waals surface area contributed by atoms with Crippen LogP contribution in [0.3, 0.4) is 0 Å². The molecule has 4 saturated carbocycles. The fourth-order valence-corrected chi connectivity index (χ4v) is 8.56. The number of rotatable bonds is 4. The zero-order valence-corrected chi connectivity index (χ0v) is 17.9. The van der Waals surface area contributed by atoms with Crippen molar-refractivity contribution in [1.82, 2.24) is 0 Å². The molecule has 4 aliphatic carbocycles. The average molecular weight is 391 g/mol. The predicted molar refractivity (Wildman–Crippen MR) is 108 cm³/mol. The number of carboxylic acid groups (broad SMARTS) is 1. The Balaban J connectivity index is 1.56. The summed E-state index contributed by atoms with van der Waals surface area (Å²) in [6.07, 6.45) is 12.9. The largest absolute Gasteiger partial charge is 0.481 e. The summed E-state index contributed by atoms with van der Waals surface area (Å²) in [7, 11) is 0. The summed E-state index contributed by atoms with van der Waals surface area (Å²) in [6, 6.07) is 0. The first kappa shape index (κ1) is 20.2. The van der Waals surface area contributed by atoms with E-state index in [-0.39, 0.29) is 23.9 Å². The van der Waals surface area contributed by atoms with Crippen LogP contribution in [0.15, 0.2) is 0 Å². The van der Waals surface area contributed by atoms with E-state index in [1.54, 1.807) is 0 Å². The zero-order valence-electron chi connectivity index (χ0n) is 17.9. The van der Waals surface area contributed by atoms with E-state index in [4.69, 9.17) is 4.74 Å². The van der Waals surface area contributed by atoms with Gasteiger partial charge in [-0.1, -0.05) is 26.7 Å². The van der Waals surface area contributed by atoms with Crippen LogP contribution in [0.25, 0.3) is 0 Å². The van der Waals surface area contributed by atoms with Crippen LogP contribution >= 0.6 is 0 Å². The van der Waals surface area contributed by atoms with Gasteiger partial charge in [0.25, 0.3) is 0 Å². The second kappa shape index (κ2) is 7.32. The Morgan fingerprint density at radius 3 is 2.43 bits per heavy atom. The van der Waals surface area contributed by atoms with Crippen molar-refractivity contribution in [1.29, 1.82) is 0 Å². The highest BCUT2D eigenvalue weighted by Crippen LogP contribution is 2.68. The number of hydrogen-bond donors (Lipinski definition) is 1. The molecule has 2 unspecified atom stereocenters. The highest BCUT2D eigenvalue weighted by atomic mass is 16.5. The van der Waals surface area contributed by atoms with Gasteiger partial charge in [0.15, 0.2) is 0 Å². The van der Waals surface area contributed by atoms with Crippen molar-refractivity contribution in [3.8, 4) is 0 Å². The number of carbonyl (C=O) groups excluding carboxylic acids is 1. The second-order valence-corrected chi connectivity index (χ2v) is 10.9. The van der Waals surface area contributed by atoms with Crippen LogP contribution in [0, 0.1) is 46.3 Å². The minimum Gasteiger partial charge on any atom is -0.481 e. The average Bonchev–Trinajstić information content (AvgIpc) is 2.98. The third-order valence-electron chi connectivity index (χ3n) is 9.93. The maximum atomic E-state index is 12.0. The summed E-state index contributed by atoms with van der Waals surface area (Å²) in [5.74, 6) is 1.57. The molecule has 158 valence electrons. The Morgan fingerprint density at radius 1 is 0.964 bits per heavy atom. The first-order chi connectivity index (χ1) is 13.3. The first-order valence-corrected chi connectivity index (χ1v) is 11.6. The number of hydrogen-bond acceptors (Lipinski definition) is 3. The van der Waals surface area contributed by atoms with Gasteiger partial charge >= 0.3 is 11.9 Å². The van der Waals surface area contributed by atoms with Crippen LogP contribution in [-0.4, -0.2) is 23.7 Å². The lowest BCUT2D eigenvalue weighted by Crippen LogP contribution is -2.53. The number of aliphatic carboxylic acids is 1. The molecule has 1 N–H and O–H groups in total. The van der Waals surface area contributed by atoms with Crippen LogP contribution in [0.5, 0.6) is 0 Å². The highest BCUT2D eigenvalue weighted by Gasteiger charge is 2.61. The predicted octanol–water partition coefficient (Wildman–Crippen LogP) is 5.30. The normalized spacial score (nSPS) is 46.0. The van der Waals surface area contributed by atoms with Gasteiger partial charge in [-0.25, -0.2) is 0 Å². The van der Waals surface area contributed by atoms with E-state index < -0.39 is 11.9 Å². The summed E-state index contributed by atoms with van der Waals surface area (Å²) in [5, 5.41) is 9.89. The number of esters is 1. The van der Waals surface area contributed by atoms with Gasteiger partial charge in [-0.05, 0) is 91.8 Å². The Hall–Kier alpha value is -1.06. The standard InChI is InChI=1S/C24H38O4/c1-15(25)28-14-18(22(26)27)20-10-9-19-17-8-7-16-6-4-5-12-23(16,2)21(17)11-13-24(19,20)3/h16-21H,4-14H2,1-3H3,(H,26,27)/t16?,17-,18?,19-,20+,21-,23-,24-/m0/s1. The molecule has 4 heteroatoms. The third kappa shape index (κ3) is 3.10. The number of ether oxygens (including phenoxy) is 1. The molecule has 0 aliphatic heterocycles. The second-order valence-electron chi connectivity index (χ2n) is 10.9. The fourth-order valence-electron chi connectivity index (χ4n) is 8.56. The van der Waals surface area contributed by atoms with Gasteiger partial charge in [-0.3, -0.25) is 9.59 Å². The van der Waals surface area contributed by atoms with Crippen molar-refractivity contribution in [2.45, 2.75) is 85.0 Å². The fraction of sp³-hybridized carbons (Fsp3) is 0.917. The molecule has 8 atom stereocenters. The van der Waals surface area contributed by atoms with E-state index >= 15 is 0 Å². The Morgan fingerprint density at radius 2 is 1.71 bits per heavy atom. The van der Waals surface area contributed by atoms with Crippen molar-refractivity contribution in [3.05, 3.63) is 0 Å². The van der Waals surface area contributed by atoms with Gasteiger partial charge in [-0.2, -0.15) is 0 Å². The molecule has 0 heterocycles. The smallest absolute Gasteiger partial charge is 0.310 e.